The Balaban J connectivity index is 2.67. The standard InChI is InChI=1S/C10H8BrFN2O2/c1-15-10-6(12)3-2-5(11)9(10)7-4-8(13)16-14-7/h2-4H,13H2,1H3. The minimum atomic E-state index is -0.470. The third-order valence-corrected chi connectivity index (χ3v) is 2.71. The molecule has 0 bridgehead atoms. The molecule has 16 heavy (non-hydrogen) atoms. The van der Waals surface area contributed by atoms with E-state index in [4.69, 9.17) is 15.0 Å². The van der Waals surface area contributed by atoms with E-state index in [1.165, 1.54) is 19.2 Å². The van der Waals surface area contributed by atoms with Crippen molar-refractivity contribution in [2.75, 3.05) is 12.8 Å². The van der Waals surface area contributed by atoms with Crippen LogP contribution >= 0.6 is 15.9 Å². The Morgan fingerprint density at radius 1 is 1.50 bits per heavy atom. The number of halogens is 2. The van der Waals surface area contributed by atoms with Gasteiger partial charge in [-0.05, 0) is 28.1 Å². The first-order valence-electron chi connectivity index (χ1n) is 4.38. The van der Waals surface area contributed by atoms with E-state index >= 15 is 0 Å². The predicted octanol–water partition coefficient (Wildman–Crippen LogP) is 2.83. The first kappa shape index (κ1) is 10.9. The van der Waals surface area contributed by atoms with E-state index < -0.39 is 5.82 Å². The van der Waals surface area contributed by atoms with E-state index in [0.29, 0.717) is 15.7 Å². The molecule has 0 aliphatic heterocycles. The summed E-state index contributed by atoms with van der Waals surface area (Å²) in [5.41, 5.74) is 6.31. The Morgan fingerprint density at radius 2 is 2.25 bits per heavy atom. The third-order valence-electron chi connectivity index (χ3n) is 2.05. The van der Waals surface area contributed by atoms with Crippen LogP contribution in [0.3, 0.4) is 0 Å². The number of hydrogen-bond acceptors (Lipinski definition) is 4. The summed E-state index contributed by atoms with van der Waals surface area (Å²) in [4.78, 5) is 0. The minimum Gasteiger partial charge on any atom is -0.493 e. The molecule has 0 spiro atoms. The Labute approximate surface area is 99.3 Å². The van der Waals surface area contributed by atoms with Gasteiger partial charge < -0.3 is 15.0 Å². The average Bonchev–Trinajstić information content (AvgIpc) is 2.67. The predicted molar refractivity (Wildman–Crippen MR) is 60.6 cm³/mol. The van der Waals surface area contributed by atoms with Crippen molar-refractivity contribution in [2.24, 2.45) is 0 Å². The number of nitrogens with zero attached hydrogens (tertiary/aromatic N) is 1. The fourth-order valence-electron chi connectivity index (χ4n) is 1.38. The van der Waals surface area contributed by atoms with Crippen LogP contribution in [0.5, 0.6) is 5.75 Å². The van der Waals surface area contributed by atoms with Crippen molar-refractivity contribution in [3.8, 4) is 17.0 Å². The molecule has 84 valence electrons. The van der Waals surface area contributed by atoms with Crippen molar-refractivity contribution < 1.29 is 13.7 Å². The summed E-state index contributed by atoms with van der Waals surface area (Å²) >= 11 is 3.30. The third kappa shape index (κ3) is 1.76. The van der Waals surface area contributed by atoms with Crippen LogP contribution in [0.4, 0.5) is 10.3 Å². The Morgan fingerprint density at radius 3 is 2.81 bits per heavy atom. The van der Waals surface area contributed by atoms with Gasteiger partial charge in [0.2, 0.25) is 5.88 Å². The Kier molecular flexibility index (Phi) is 2.82. The zero-order valence-electron chi connectivity index (χ0n) is 8.33. The summed E-state index contributed by atoms with van der Waals surface area (Å²) in [5, 5.41) is 3.72. The normalized spacial score (nSPS) is 10.4. The zero-order chi connectivity index (χ0) is 11.7. The lowest BCUT2D eigenvalue weighted by molar-refractivity contribution is 0.387. The highest BCUT2D eigenvalue weighted by atomic mass is 79.9. The number of hydrogen-bond donors (Lipinski definition) is 1. The van der Waals surface area contributed by atoms with E-state index in [9.17, 15) is 4.39 Å². The molecule has 1 aromatic carbocycles. The lowest BCUT2D eigenvalue weighted by Crippen LogP contribution is -1.93. The molecular weight excluding hydrogens is 279 g/mol. The van der Waals surface area contributed by atoms with Gasteiger partial charge in [-0.15, -0.1) is 0 Å². The second-order valence-corrected chi connectivity index (χ2v) is 3.91. The van der Waals surface area contributed by atoms with E-state index in [-0.39, 0.29) is 11.6 Å². The van der Waals surface area contributed by atoms with Gasteiger partial charge in [0.1, 0.15) is 5.69 Å². The number of ether oxygens (including phenoxy) is 1. The second-order valence-electron chi connectivity index (χ2n) is 3.05. The molecular formula is C10H8BrFN2O2. The number of anilines is 1. The molecule has 0 fully saturated rings. The van der Waals surface area contributed by atoms with Crippen molar-refractivity contribution in [1.29, 1.82) is 0 Å². The summed E-state index contributed by atoms with van der Waals surface area (Å²) in [6, 6.07) is 4.37. The maximum atomic E-state index is 13.5. The topological polar surface area (TPSA) is 61.3 Å². The highest BCUT2D eigenvalue weighted by molar-refractivity contribution is 9.10. The van der Waals surface area contributed by atoms with Gasteiger partial charge in [-0.3, -0.25) is 0 Å². The van der Waals surface area contributed by atoms with E-state index in [2.05, 4.69) is 21.1 Å². The Hall–Kier alpha value is -1.56. The van der Waals surface area contributed by atoms with Crippen molar-refractivity contribution in [3.05, 3.63) is 28.5 Å². The largest absolute Gasteiger partial charge is 0.493 e. The van der Waals surface area contributed by atoms with Crippen LogP contribution in [0, 0.1) is 5.82 Å². The maximum Gasteiger partial charge on any atom is 0.222 e. The van der Waals surface area contributed by atoms with E-state index in [1.807, 2.05) is 0 Å². The van der Waals surface area contributed by atoms with Crippen molar-refractivity contribution in [3.63, 3.8) is 0 Å². The number of aromatic nitrogens is 1. The molecule has 2 rings (SSSR count). The maximum absolute atomic E-state index is 13.5. The van der Waals surface area contributed by atoms with Gasteiger partial charge in [-0.1, -0.05) is 5.16 Å². The molecule has 0 amide bonds. The molecule has 0 saturated heterocycles. The molecule has 1 heterocycles. The van der Waals surface area contributed by atoms with Gasteiger partial charge in [0, 0.05) is 10.5 Å². The molecule has 0 aliphatic carbocycles. The monoisotopic (exact) mass is 286 g/mol. The lowest BCUT2D eigenvalue weighted by atomic mass is 10.1. The van der Waals surface area contributed by atoms with Crippen LogP contribution in [-0.2, 0) is 0 Å². The molecule has 6 heteroatoms. The van der Waals surface area contributed by atoms with Gasteiger partial charge in [-0.25, -0.2) is 4.39 Å². The summed E-state index contributed by atoms with van der Waals surface area (Å²) in [6.07, 6.45) is 0. The van der Waals surface area contributed by atoms with Crippen LogP contribution in [0.2, 0.25) is 0 Å². The number of benzene rings is 1. The van der Waals surface area contributed by atoms with Crippen LogP contribution in [0.15, 0.2) is 27.2 Å². The van der Waals surface area contributed by atoms with Crippen molar-refractivity contribution >= 4 is 21.8 Å². The quantitative estimate of drug-likeness (QED) is 0.922. The summed E-state index contributed by atoms with van der Waals surface area (Å²) in [6.45, 7) is 0. The van der Waals surface area contributed by atoms with Gasteiger partial charge in [0.25, 0.3) is 0 Å². The molecule has 4 nitrogen and oxygen atoms in total. The van der Waals surface area contributed by atoms with E-state index in [1.54, 1.807) is 6.07 Å². The SMILES string of the molecule is COc1c(F)ccc(Br)c1-c1cc(N)on1. The first-order valence-corrected chi connectivity index (χ1v) is 5.17. The van der Waals surface area contributed by atoms with Crippen molar-refractivity contribution in [2.45, 2.75) is 0 Å². The van der Waals surface area contributed by atoms with Gasteiger partial charge in [0.05, 0.1) is 12.7 Å². The summed E-state index contributed by atoms with van der Waals surface area (Å²) in [7, 11) is 1.39. The molecule has 0 aliphatic rings. The zero-order valence-corrected chi connectivity index (χ0v) is 9.92. The number of rotatable bonds is 2. The highest BCUT2D eigenvalue weighted by Gasteiger charge is 2.17. The number of methoxy groups -OCH3 is 1. The van der Waals surface area contributed by atoms with Crippen molar-refractivity contribution in [1.82, 2.24) is 5.16 Å². The van der Waals surface area contributed by atoms with Crippen LogP contribution in [0.25, 0.3) is 11.3 Å². The minimum absolute atomic E-state index is 0.0997. The van der Waals surface area contributed by atoms with E-state index in [0.717, 1.165) is 0 Å². The van der Waals surface area contributed by atoms with Gasteiger partial charge >= 0.3 is 0 Å². The molecule has 0 saturated carbocycles. The smallest absolute Gasteiger partial charge is 0.222 e. The van der Waals surface area contributed by atoms with Crippen LogP contribution < -0.4 is 10.5 Å². The highest BCUT2D eigenvalue weighted by Crippen LogP contribution is 2.38. The van der Waals surface area contributed by atoms with Crippen LogP contribution in [0.1, 0.15) is 0 Å². The Bertz CT molecular complexity index is 528. The molecule has 2 aromatic rings. The van der Waals surface area contributed by atoms with Crippen LogP contribution in [-0.4, -0.2) is 12.3 Å². The first-order chi connectivity index (χ1) is 7.63. The fourth-order valence-corrected chi connectivity index (χ4v) is 1.89. The molecule has 0 radical (unpaired) electrons. The second kappa shape index (κ2) is 4.13. The summed E-state index contributed by atoms with van der Waals surface area (Å²) < 4.78 is 23.9. The molecule has 0 atom stereocenters. The fraction of sp³-hybridized carbons (Fsp3) is 0.100. The number of nitrogen functional groups attached to an aromatic ring is 1. The summed E-state index contributed by atoms with van der Waals surface area (Å²) in [5.74, 6) is -0.210. The average molecular weight is 287 g/mol. The number of nitrogens with two attached hydrogens (primary N) is 1. The lowest BCUT2D eigenvalue weighted by Gasteiger charge is -2.08. The molecule has 0 unspecified atom stereocenters. The van der Waals surface area contributed by atoms with Gasteiger partial charge in [0.15, 0.2) is 11.6 Å². The van der Waals surface area contributed by atoms with Gasteiger partial charge in [-0.2, -0.15) is 0 Å². The molecule has 2 N–H and O–H groups in total. The molecule has 1 aromatic heterocycles.